The van der Waals surface area contributed by atoms with E-state index in [-0.39, 0.29) is 0 Å². The first-order chi connectivity index (χ1) is 11.7. The van der Waals surface area contributed by atoms with Gasteiger partial charge < -0.3 is 5.11 Å². The van der Waals surface area contributed by atoms with E-state index in [1.54, 1.807) is 0 Å². The SMILES string of the molecule is CC.CCC(O)C1=C(\C)C=PCc2cc3ccccc3nc2\C=C\1. The van der Waals surface area contributed by atoms with Crippen LogP contribution in [0.1, 0.15) is 45.4 Å². The van der Waals surface area contributed by atoms with Crippen LogP contribution in [0.4, 0.5) is 0 Å². The molecule has 0 aliphatic carbocycles. The molecule has 3 heteroatoms. The topological polar surface area (TPSA) is 33.1 Å². The molecule has 1 aliphatic heterocycles. The fourth-order valence-electron chi connectivity index (χ4n) is 2.69. The fourth-order valence-corrected chi connectivity index (χ4v) is 3.66. The maximum absolute atomic E-state index is 10.2. The third-order valence-electron chi connectivity index (χ3n) is 4.00. The molecule has 0 fully saturated rings. The molecule has 1 unspecified atom stereocenters. The van der Waals surface area contributed by atoms with Crippen LogP contribution in [0.5, 0.6) is 0 Å². The molecule has 0 saturated carbocycles. The molecule has 2 aromatic rings. The lowest BCUT2D eigenvalue weighted by molar-refractivity contribution is 0.210. The second-order valence-electron chi connectivity index (χ2n) is 5.59. The number of aliphatic hydroxyl groups excluding tert-OH is 1. The summed E-state index contributed by atoms with van der Waals surface area (Å²) < 4.78 is 0. The molecule has 1 aliphatic rings. The third-order valence-corrected chi connectivity index (χ3v) is 5.10. The molecule has 2 nitrogen and oxygen atoms in total. The molecule has 1 aromatic heterocycles. The summed E-state index contributed by atoms with van der Waals surface area (Å²) in [4.78, 5) is 4.79. The number of fused-ring (bicyclic) bond motifs is 2. The van der Waals surface area contributed by atoms with Gasteiger partial charge in [-0.1, -0.05) is 53.3 Å². The highest BCUT2D eigenvalue weighted by molar-refractivity contribution is 7.38. The van der Waals surface area contributed by atoms with Crippen LogP contribution in [-0.4, -0.2) is 22.0 Å². The van der Waals surface area contributed by atoms with Crippen LogP contribution in [-0.2, 0) is 6.16 Å². The molecule has 24 heavy (non-hydrogen) atoms. The molecule has 0 bridgehead atoms. The lowest BCUT2D eigenvalue weighted by Gasteiger charge is -2.11. The highest BCUT2D eigenvalue weighted by Gasteiger charge is 2.11. The zero-order valence-corrected chi connectivity index (χ0v) is 15.8. The van der Waals surface area contributed by atoms with Gasteiger partial charge in [0.15, 0.2) is 0 Å². The Bertz CT molecular complexity index is 790. The Morgan fingerprint density at radius 3 is 2.71 bits per heavy atom. The highest BCUT2D eigenvalue weighted by Crippen LogP contribution is 2.25. The van der Waals surface area contributed by atoms with E-state index in [0.29, 0.717) is 0 Å². The summed E-state index contributed by atoms with van der Waals surface area (Å²) in [5, 5.41) is 11.4. The number of aromatic nitrogens is 1. The molecule has 0 spiro atoms. The molecule has 126 valence electrons. The first-order valence-corrected chi connectivity index (χ1v) is 9.79. The van der Waals surface area contributed by atoms with Gasteiger partial charge in [0.2, 0.25) is 0 Å². The predicted octanol–water partition coefficient (Wildman–Crippen LogP) is 5.62. The first kappa shape index (κ1) is 18.6. The Morgan fingerprint density at radius 1 is 1.21 bits per heavy atom. The lowest BCUT2D eigenvalue weighted by atomic mass is 10.0. The maximum atomic E-state index is 10.2. The minimum atomic E-state index is -0.412. The van der Waals surface area contributed by atoms with Crippen molar-refractivity contribution in [2.45, 2.75) is 46.4 Å². The smallest absolute Gasteiger partial charge is 0.0790 e. The lowest BCUT2D eigenvalue weighted by Crippen LogP contribution is -2.09. The van der Waals surface area contributed by atoms with E-state index in [4.69, 9.17) is 4.98 Å². The van der Waals surface area contributed by atoms with Gasteiger partial charge in [-0.3, -0.25) is 0 Å². The van der Waals surface area contributed by atoms with Gasteiger partial charge in [0, 0.05) is 11.5 Å². The number of benzene rings is 1. The molecule has 1 atom stereocenters. The zero-order chi connectivity index (χ0) is 17.5. The monoisotopic (exact) mass is 339 g/mol. The summed E-state index contributed by atoms with van der Waals surface area (Å²) in [5.74, 6) is 2.20. The van der Waals surface area contributed by atoms with Gasteiger partial charge in [-0.25, -0.2) is 4.98 Å². The van der Waals surface area contributed by atoms with Crippen LogP contribution >= 0.6 is 8.20 Å². The van der Waals surface area contributed by atoms with Crippen molar-refractivity contribution in [2.75, 3.05) is 0 Å². The second kappa shape index (κ2) is 8.92. The standard InChI is InChI=1S/C19H20NOP.C2H6/c1-3-19(21)16-8-9-18-15(12-22-11-13(16)2)10-14-6-4-5-7-17(14)20-18;1-2/h4-11,19,21H,3,12H2,1-2H3;1-2H3/b9-8+,16-13+;. The first-order valence-electron chi connectivity index (χ1n) is 8.64. The number of allylic oxidation sites excluding steroid dienone is 1. The highest BCUT2D eigenvalue weighted by atomic mass is 31.1. The summed E-state index contributed by atoms with van der Waals surface area (Å²) in [7, 11) is 1.23. The summed E-state index contributed by atoms with van der Waals surface area (Å²) in [6, 6.07) is 10.5. The van der Waals surface area contributed by atoms with Crippen molar-refractivity contribution in [3.8, 4) is 0 Å². The maximum Gasteiger partial charge on any atom is 0.0790 e. The molecule has 0 amide bonds. The Kier molecular flexibility index (Phi) is 6.90. The van der Waals surface area contributed by atoms with Gasteiger partial charge in [-0.05, 0) is 54.1 Å². The van der Waals surface area contributed by atoms with Crippen molar-refractivity contribution in [3.63, 3.8) is 0 Å². The van der Waals surface area contributed by atoms with Crippen molar-refractivity contribution in [1.82, 2.24) is 4.98 Å². The van der Waals surface area contributed by atoms with Crippen LogP contribution in [0, 0.1) is 0 Å². The number of hydrogen-bond acceptors (Lipinski definition) is 2. The quantitative estimate of drug-likeness (QED) is 0.720. The second-order valence-corrected chi connectivity index (χ2v) is 6.53. The van der Waals surface area contributed by atoms with E-state index >= 15 is 0 Å². The van der Waals surface area contributed by atoms with Gasteiger partial charge in [-0.2, -0.15) is 0 Å². The van der Waals surface area contributed by atoms with E-state index in [1.165, 1.54) is 19.2 Å². The van der Waals surface area contributed by atoms with Crippen molar-refractivity contribution < 1.29 is 5.11 Å². The van der Waals surface area contributed by atoms with Gasteiger partial charge in [-0.15, -0.1) is 0 Å². The summed E-state index contributed by atoms with van der Waals surface area (Å²) in [6.07, 6.45) is 5.34. The molecular weight excluding hydrogens is 313 g/mol. The van der Waals surface area contributed by atoms with Crippen molar-refractivity contribution in [2.24, 2.45) is 0 Å². The van der Waals surface area contributed by atoms with E-state index in [0.717, 1.165) is 34.9 Å². The molecule has 1 N–H and O–H groups in total. The third kappa shape index (κ3) is 4.20. The molecule has 1 aromatic carbocycles. The average Bonchev–Trinajstić information content (AvgIpc) is 2.70. The Balaban J connectivity index is 0.00000100. The number of rotatable bonds is 2. The van der Waals surface area contributed by atoms with Crippen LogP contribution in [0.25, 0.3) is 17.0 Å². The van der Waals surface area contributed by atoms with Crippen molar-refractivity contribution >= 4 is 31.0 Å². The van der Waals surface area contributed by atoms with Gasteiger partial charge in [0.1, 0.15) is 0 Å². The summed E-state index contributed by atoms with van der Waals surface area (Å²) >= 11 is 0. The van der Waals surface area contributed by atoms with Crippen LogP contribution in [0.2, 0.25) is 0 Å². The van der Waals surface area contributed by atoms with Gasteiger partial charge in [0.05, 0.1) is 17.3 Å². The largest absolute Gasteiger partial charge is 0.388 e. The molecule has 0 radical (unpaired) electrons. The van der Waals surface area contributed by atoms with Gasteiger partial charge >= 0.3 is 0 Å². The van der Waals surface area contributed by atoms with E-state index in [1.807, 2.05) is 51.1 Å². The Labute approximate surface area is 146 Å². The number of pyridine rings is 1. The van der Waals surface area contributed by atoms with E-state index < -0.39 is 6.10 Å². The predicted molar refractivity (Wildman–Crippen MR) is 108 cm³/mol. The zero-order valence-electron chi connectivity index (χ0n) is 15.0. The van der Waals surface area contributed by atoms with Crippen molar-refractivity contribution in [1.29, 1.82) is 0 Å². The molecule has 2 heterocycles. The summed E-state index contributed by atoms with van der Waals surface area (Å²) in [6.45, 7) is 8.08. The molecular formula is C21H26NOP. The van der Waals surface area contributed by atoms with Crippen LogP contribution < -0.4 is 0 Å². The Morgan fingerprint density at radius 2 is 1.96 bits per heavy atom. The average molecular weight is 339 g/mol. The van der Waals surface area contributed by atoms with Crippen molar-refractivity contribution in [3.05, 3.63) is 58.8 Å². The van der Waals surface area contributed by atoms with Gasteiger partial charge in [0.25, 0.3) is 0 Å². The molecule has 0 saturated heterocycles. The molecule has 3 rings (SSSR count). The number of nitrogens with zero attached hydrogens (tertiary/aromatic N) is 1. The van der Waals surface area contributed by atoms with Crippen LogP contribution in [0.3, 0.4) is 0 Å². The van der Waals surface area contributed by atoms with E-state index in [2.05, 4.69) is 24.9 Å². The number of hydrogen-bond donors (Lipinski definition) is 1. The number of aliphatic hydroxyl groups is 1. The minimum absolute atomic E-state index is 0.412. The normalized spacial score (nSPS) is 20.0. The summed E-state index contributed by atoms with van der Waals surface area (Å²) in [5.41, 5.74) is 5.44. The Hall–Kier alpha value is -1.76. The fraction of sp³-hybridized carbons (Fsp3) is 0.333. The van der Waals surface area contributed by atoms with Crippen LogP contribution in [0.15, 0.2) is 47.6 Å². The number of para-hydroxylation sites is 1. The van der Waals surface area contributed by atoms with E-state index in [9.17, 15) is 5.11 Å². The minimum Gasteiger partial charge on any atom is -0.388 e.